The van der Waals surface area contributed by atoms with Crippen molar-refractivity contribution in [2.24, 2.45) is 0 Å². The standard InChI is InChI=1S/C14H16N2O2S/c1-10-13(4-3-5-14(10)16(17)18)11(2)15-8-12-6-7-19-9-12/h3-7,9,11,15H,8H2,1-2H3/t11-/m1/s1. The highest BCUT2D eigenvalue weighted by Crippen LogP contribution is 2.26. The van der Waals surface area contributed by atoms with Crippen molar-refractivity contribution >= 4 is 17.0 Å². The molecule has 1 heterocycles. The second-order valence-electron chi connectivity index (χ2n) is 4.48. The van der Waals surface area contributed by atoms with Crippen LogP contribution in [0.5, 0.6) is 0 Å². The van der Waals surface area contributed by atoms with Gasteiger partial charge in [0.05, 0.1) is 4.92 Å². The van der Waals surface area contributed by atoms with Crippen molar-refractivity contribution in [3.63, 3.8) is 0 Å². The highest BCUT2D eigenvalue weighted by Gasteiger charge is 2.16. The minimum Gasteiger partial charge on any atom is -0.306 e. The molecule has 5 heteroatoms. The Labute approximate surface area is 116 Å². The third kappa shape index (κ3) is 3.19. The van der Waals surface area contributed by atoms with Crippen LogP contribution in [-0.4, -0.2) is 4.92 Å². The van der Waals surface area contributed by atoms with E-state index < -0.39 is 0 Å². The monoisotopic (exact) mass is 276 g/mol. The molecule has 0 saturated heterocycles. The summed E-state index contributed by atoms with van der Waals surface area (Å²) >= 11 is 1.67. The van der Waals surface area contributed by atoms with Crippen LogP contribution in [0.1, 0.15) is 29.7 Å². The zero-order chi connectivity index (χ0) is 13.8. The minimum absolute atomic E-state index is 0.0831. The van der Waals surface area contributed by atoms with Gasteiger partial charge in [-0.3, -0.25) is 10.1 Å². The number of benzene rings is 1. The van der Waals surface area contributed by atoms with Gasteiger partial charge in [-0.2, -0.15) is 11.3 Å². The maximum Gasteiger partial charge on any atom is 0.272 e. The van der Waals surface area contributed by atoms with Crippen molar-refractivity contribution in [3.05, 3.63) is 61.8 Å². The highest BCUT2D eigenvalue weighted by molar-refractivity contribution is 7.07. The van der Waals surface area contributed by atoms with Gasteiger partial charge in [0.2, 0.25) is 0 Å². The first-order chi connectivity index (χ1) is 9.09. The fourth-order valence-corrected chi connectivity index (χ4v) is 2.75. The molecule has 1 aromatic heterocycles. The predicted molar refractivity (Wildman–Crippen MR) is 77.4 cm³/mol. The number of nitrogens with one attached hydrogen (secondary N) is 1. The fourth-order valence-electron chi connectivity index (χ4n) is 2.08. The number of nitrogens with zero attached hydrogens (tertiary/aromatic N) is 1. The number of nitro benzene ring substituents is 1. The summed E-state index contributed by atoms with van der Waals surface area (Å²) in [6.45, 7) is 4.60. The van der Waals surface area contributed by atoms with Crippen LogP contribution in [0.4, 0.5) is 5.69 Å². The largest absolute Gasteiger partial charge is 0.306 e. The molecule has 1 aromatic carbocycles. The number of nitro groups is 1. The molecular formula is C14H16N2O2S. The van der Waals surface area contributed by atoms with E-state index in [1.807, 2.05) is 18.4 Å². The molecule has 4 nitrogen and oxygen atoms in total. The molecular weight excluding hydrogens is 260 g/mol. The molecule has 2 rings (SSSR count). The van der Waals surface area contributed by atoms with Gasteiger partial charge in [-0.25, -0.2) is 0 Å². The van der Waals surface area contributed by atoms with Crippen LogP contribution in [0.3, 0.4) is 0 Å². The summed E-state index contributed by atoms with van der Waals surface area (Å²) in [6.07, 6.45) is 0. The number of thiophene rings is 1. The molecule has 0 amide bonds. The lowest BCUT2D eigenvalue weighted by molar-refractivity contribution is -0.385. The Morgan fingerprint density at radius 2 is 2.21 bits per heavy atom. The molecule has 0 saturated carbocycles. The van der Waals surface area contributed by atoms with Crippen LogP contribution in [0.25, 0.3) is 0 Å². The topological polar surface area (TPSA) is 55.2 Å². The summed E-state index contributed by atoms with van der Waals surface area (Å²) in [6, 6.07) is 7.38. The lowest BCUT2D eigenvalue weighted by Crippen LogP contribution is -2.18. The van der Waals surface area contributed by atoms with E-state index in [4.69, 9.17) is 0 Å². The van der Waals surface area contributed by atoms with Crippen molar-refractivity contribution in [2.45, 2.75) is 26.4 Å². The average Bonchev–Trinajstić information content (AvgIpc) is 2.89. The third-order valence-electron chi connectivity index (χ3n) is 3.20. The average molecular weight is 276 g/mol. The van der Waals surface area contributed by atoms with Gasteiger partial charge in [0, 0.05) is 24.2 Å². The van der Waals surface area contributed by atoms with Gasteiger partial charge in [0.25, 0.3) is 5.69 Å². The second-order valence-corrected chi connectivity index (χ2v) is 5.26. The predicted octanol–water partition coefficient (Wildman–Crippen LogP) is 3.82. The Hall–Kier alpha value is -1.72. The van der Waals surface area contributed by atoms with E-state index >= 15 is 0 Å². The molecule has 1 atom stereocenters. The molecule has 19 heavy (non-hydrogen) atoms. The van der Waals surface area contributed by atoms with E-state index in [1.54, 1.807) is 30.4 Å². The highest BCUT2D eigenvalue weighted by atomic mass is 32.1. The summed E-state index contributed by atoms with van der Waals surface area (Å²) in [5.74, 6) is 0. The first kappa shape index (κ1) is 13.7. The van der Waals surface area contributed by atoms with Crippen LogP contribution in [-0.2, 0) is 6.54 Å². The zero-order valence-corrected chi connectivity index (χ0v) is 11.7. The first-order valence-corrected chi connectivity index (χ1v) is 7.02. The summed E-state index contributed by atoms with van der Waals surface area (Å²) in [5, 5.41) is 18.5. The number of hydrogen-bond donors (Lipinski definition) is 1. The van der Waals surface area contributed by atoms with Crippen LogP contribution in [0.2, 0.25) is 0 Å². The molecule has 2 aromatic rings. The first-order valence-electron chi connectivity index (χ1n) is 6.08. The van der Waals surface area contributed by atoms with Crippen molar-refractivity contribution < 1.29 is 4.92 Å². The van der Waals surface area contributed by atoms with Crippen molar-refractivity contribution in [3.8, 4) is 0 Å². The Balaban J connectivity index is 2.12. The molecule has 0 bridgehead atoms. The maximum absolute atomic E-state index is 10.9. The molecule has 1 N–H and O–H groups in total. The summed E-state index contributed by atoms with van der Waals surface area (Å²) in [7, 11) is 0. The molecule has 0 unspecified atom stereocenters. The fraction of sp³-hybridized carbons (Fsp3) is 0.286. The Kier molecular flexibility index (Phi) is 4.29. The molecule has 0 spiro atoms. The minimum atomic E-state index is -0.329. The van der Waals surface area contributed by atoms with E-state index in [0.717, 1.165) is 17.7 Å². The molecule has 100 valence electrons. The van der Waals surface area contributed by atoms with Crippen LogP contribution >= 0.6 is 11.3 Å². The van der Waals surface area contributed by atoms with Gasteiger partial charge in [-0.15, -0.1) is 0 Å². The van der Waals surface area contributed by atoms with E-state index in [9.17, 15) is 10.1 Å². The van der Waals surface area contributed by atoms with Gasteiger partial charge in [-0.1, -0.05) is 12.1 Å². The van der Waals surface area contributed by atoms with Gasteiger partial charge < -0.3 is 5.32 Å². The van der Waals surface area contributed by atoms with Gasteiger partial charge in [-0.05, 0) is 41.8 Å². The molecule has 0 radical (unpaired) electrons. The van der Waals surface area contributed by atoms with Crippen LogP contribution < -0.4 is 5.32 Å². The SMILES string of the molecule is Cc1c([C@@H](C)NCc2ccsc2)cccc1[N+](=O)[O-]. The molecule has 0 aliphatic heterocycles. The van der Waals surface area contributed by atoms with E-state index in [0.29, 0.717) is 0 Å². The summed E-state index contributed by atoms with van der Waals surface area (Å²) in [4.78, 5) is 10.6. The lowest BCUT2D eigenvalue weighted by Gasteiger charge is -2.16. The smallest absolute Gasteiger partial charge is 0.272 e. The Bertz CT molecular complexity index is 567. The lowest BCUT2D eigenvalue weighted by atomic mass is 10.0. The number of hydrogen-bond acceptors (Lipinski definition) is 4. The Morgan fingerprint density at radius 3 is 2.84 bits per heavy atom. The van der Waals surface area contributed by atoms with Gasteiger partial charge in [0.15, 0.2) is 0 Å². The number of rotatable bonds is 5. The van der Waals surface area contributed by atoms with Crippen molar-refractivity contribution in [1.29, 1.82) is 0 Å². The maximum atomic E-state index is 10.9. The van der Waals surface area contributed by atoms with Gasteiger partial charge >= 0.3 is 0 Å². The normalized spacial score (nSPS) is 12.3. The van der Waals surface area contributed by atoms with Crippen molar-refractivity contribution in [2.75, 3.05) is 0 Å². The van der Waals surface area contributed by atoms with Crippen LogP contribution in [0.15, 0.2) is 35.0 Å². The molecule has 0 aliphatic rings. The van der Waals surface area contributed by atoms with E-state index in [2.05, 4.69) is 16.8 Å². The second kappa shape index (κ2) is 5.95. The van der Waals surface area contributed by atoms with E-state index in [1.165, 1.54) is 5.56 Å². The molecule has 0 fully saturated rings. The third-order valence-corrected chi connectivity index (χ3v) is 3.93. The quantitative estimate of drug-likeness (QED) is 0.667. The van der Waals surface area contributed by atoms with Gasteiger partial charge in [0.1, 0.15) is 0 Å². The van der Waals surface area contributed by atoms with Crippen molar-refractivity contribution in [1.82, 2.24) is 5.32 Å². The van der Waals surface area contributed by atoms with E-state index in [-0.39, 0.29) is 16.7 Å². The summed E-state index contributed by atoms with van der Waals surface area (Å²) < 4.78 is 0. The molecule has 0 aliphatic carbocycles. The summed E-state index contributed by atoms with van der Waals surface area (Å²) in [5.41, 5.74) is 3.13. The Morgan fingerprint density at radius 1 is 1.42 bits per heavy atom. The van der Waals surface area contributed by atoms with Crippen LogP contribution in [0, 0.1) is 17.0 Å². The zero-order valence-electron chi connectivity index (χ0n) is 10.9.